The highest BCUT2D eigenvalue weighted by Gasteiger charge is 2.18. The van der Waals surface area contributed by atoms with Crippen molar-refractivity contribution in [3.05, 3.63) is 27.4 Å². The van der Waals surface area contributed by atoms with Crippen LogP contribution in [0.2, 0.25) is 0 Å². The summed E-state index contributed by atoms with van der Waals surface area (Å²) in [4.78, 5) is 26.8. The van der Waals surface area contributed by atoms with Gasteiger partial charge in [-0.05, 0) is 32.6 Å². The lowest BCUT2D eigenvalue weighted by Crippen LogP contribution is -2.29. The van der Waals surface area contributed by atoms with Gasteiger partial charge in [-0.1, -0.05) is 0 Å². The van der Waals surface area contributed by atoms with Crippen LogP contribution in [0.3, 0.4) is 0 Å². The van der Waals surface area contributed by atoms with Gasteiger partial charge in [-0.3, -0.25) is 9.36 Å². The molecule has 1 aliphatic rings. The minimum absolute atomic E-state index is 0.0997. The molecule has 0 amide bonds. The summed E-state index contributed by atoms with van der Waals surface area (Å²) in [5, 5.41) is 8.95. The molecule has 0 radical (unpaired) electrons. The van der Waals surface area contributed by atoms with Gasteiger partial charge in [0.2, 0.25) is 0 Å². The second-order valence-corrected chi connectivity index (χ2v) is 5.28. The Morgan fingerprint density at radius 3 is 2.85 bits per heavy atom. The lowest BCUT2D eigenvalue weighted by atomic mass is 10.0. The van der Waals surface area contributed by atoms with Crippen LogP contribution in [0.5, 0.6) is 0 Å². The molecule has 1 fully saturated rings. The van der Waals surface area contributed by atoms with Crippen LogP contribution < -0.4 is 5.69 Å². The number of hydrogen-bond donors (Lipinski definition) is 1. The van der Waals surface area contributed by atoms with Crippen LogP contribution >= 0.6 is 0 Å². The van der Waals surface area contributed by atoms with Crippen LogP contribution in [-0.4, -0.2) is 33.8 Å². The van der Waals surface area contributed by atoms with E-state index in [4.69, 9.17) is 9.84 Å². The number of aliphatic carboxylic acids is 1. The van der Waals surface area contributed by atoms with E-state index in [0.717, 1.165) is 26.1 Å². The quantitative estimate of drug-likeness (QED) is 0.867. The monoisotopic (exact) mass is 280 g/mol. The van der Waals surface area contributed by atoms with Gasteiger partial charge < -0.3 is 9.84 Å². The molecule has 6 heteroatoms. The largest absolute Gasteiger partial charge is 0.481 e. The minimum Gasteiger partial charge on any atom is -0.481 e. The minimum atomic E-state index is -0.910. The summed E-state index contributed by atoms with van der Waals surface area (Å²) in [6.45, 7) is 5.57. The number of nitrogens with zero attached hydrogens (tertiary/aromatic N) is 2. The predicted octanol–water partition coefficient (Wildman–Crippen LogP) is 0.914. The molecular formula is C14H20N2O4. The van der Waals surface area contributed by atoms with Gasteiger partial charge in [0, 0.05) is 36.7 Å². The third-order valence-electron chi connectivity index (χ3n) is 3.89. The number of carboxylic acid groups (broad SMARTS) is 1. The molecule has 0 bridgehead atoms. The van der Waals surface area contributed by atoms with E-state index in [1.165, 1.54) is 0 Å². The zero-order chi connectivity index (χ0) is 14.7. The van der Waals surface area contributed by atoms with Gasteiger partial charge in [-0.25, -0.2) is 4.79 Å². The first-order valence-corrected chi connectivity index (χ1v) is 6.85. The van der Waals surface area contributed by atoms with Crippen molar-refractivity contribution in [1.82, 2.24) is 9.55 Å². The Morgan fingerprint density at radius 2 is 2.25 bits per heavy atom. The molecule has 1 aliphatic heterocycles. The molecule has 0 aromatic carbocycles. The van der Waals surface area contributed by atoms with E-state index in [1.54, 1.807) is 18.4 Å². The molecule has 20 heavy (non-hydrogen) atoms. The Hall–Kier alpha value is -1.69. The number of carboxylic acids is 1. The second kappa shape index (κ2) is 6.17. The Bertz CT molecular complexity index is 559. The van der Waals surface area contributed by atoms with Gasteiger partial charge in [0.05, 0.1) is 6.42 Å². The molecule has 6 nitrogen and oxygen atoms in total. The zero-order valence-electron chi connectivity index (χ0n) is 11.9. The van der Waals surface area contributed by atoms with Crippen molar-refractivity contribution in [1.29, 1.82) is 0 Å². The lowest BCUT2D eigenvalue weighted by molar-refractivity contribution is -0.136. The normalized spacial score (nSPS) is 18.4. The molecule has 0 spiro atoms. The van der Waals surface area contributed by atoms with E-state index in [1.807, 2.05) is 0 Å². The van der Waals surface area contributed by atoms with Gasteiger partial charge in [-0.15, -0.1) is 0 Å². The molecule has 0 saturated carbocycles. The van der Waals surface area contributed by atoms with E-state index in [0.29, 0.717) is 29.4 Å². The average Bonchev–Trinajstić information content (AvgIpc) is 2.87. The summed E-state index contributed by atoms with van der Waals surface area (Å²) in [5.41, 5.74) is 1.56. The first kappa shape index (κ1) is 14.7. The summed E-state index contributed by atoms with van der Waals surface area (Å²) in [7, 11) is 0. The fraction of sp³-hybridized carbons (Fsp3) is 0.643. The Labute approximate surface area is 117 Å². The highest BCUT2D eigenvalue weighted by Crippen LogP contribution is 2.18. The summed E-state index contributed by atoms with van der Waals surface area (Å²) in [6.07, 6.45) is 1.78. The van der Waals surface area contributed by atoms with Crippen molar-refractivity contribution in [3.8, 4) is 0 Å². The Balaban J connectivity index is 2.22. The highest BCUT2D eigenvalue weighted by molar-refractivity contribution is 5.70. The number of carbonyl (C=O) groups is 1. The molecule has 110 valence electrons. The number of aryl methyl sites for hydroxylation is 1. The maximum Gasteiger partial charge on any atom is 0.347 e. The lowest BCUT2D eigenvalue weighted by Gasteiger charge is -2.15. The summed E-state index contributed by atoms with van der Waals surface area (Å²) in [6, 6.07) is 0. The number of rotatable bonds is 5. The van der Waals surface area contributed by atoms with E-state index < -0.39 is 5.97 Å². The predicted molar refractivity (Wildman–Crippen MR) is 72.9 cm³/mol. The first-order chi connectivity index (χ1) is 9.49. The third-order valence-corrected chi connectivity index (χ3v) is 3.89. The highest BCUT2D eigenvalue weighted by atomic mass is 16.5. The van der Waals surface area contributed by atoms with E-state index in [2.05, 4.69) is 4.98 Å². The Morgan fingerprint density at radius 1 is 1.50 bits per heavy atom. The molecule has 0 aliphatic carbocycles. The van der Waals surface area contributed by atoms with Gasteiger partial charge in [-0.2, -0.15) is 4.98 Å². The molecule has 2 rings (SSSR count). The average molecular weight is 280 g/mol. The van der Waals surface area contributed by atoms with Crippen molar-refractivity contribution in [2.45, 2.75) is 39.7 Å². The molecule has 1 N–H and O–H groups in total. The number of ether oxygens (including phenoxy) is 1. The van der Waals surface area contributed by atoms with E-state index in [9.17, 15) is 9.59 Å². The van der Waals surface area contributed by atoms with Crippen LogP contribution in [0.4, 0.5) is 0 Å². The molecule has 1 aromatic heterocycles. The first-order valence-electron chi connectivity index (χ1n) is 6.85. The fourth-order valence-electron chi connectivity index (χ4n) is 2.63. The van der Waals surface area contributed by atoms with Crippen molar-refractivity contribution < 1.29 is 14.6 Å². The van der Waals surface area contributed by atoms with Crippen LogP contribution in [0.1, 0.15) is 29.8 Å². The second-order valence-electron chi connectivity index (χ2n) is 5.28. The molecule has 2 heterocycles. The van der Waals surface area contributed by atoms with Crippen molar-refractivity contribution >= 4 is 5.97 Å². The smallest absolute Gasteiger partial charge is 0.347 e. The van der Waals surface area contributed by atoms with Gasteiger partial charge in [0.15, 0.2) is 0 Å². The van der Waals surface area contributed by atoms with E-state index in [-0.39, 0.29) is 12.1 Å². The van der Waals surface area contributed by atoms with Gasteiger partial charge in [0.25, 0.3) is 0 Å². The maximum absolute atomic E-state index is 12.0. The summed E-state index contributed by atoms with van der Waals surface area (Å²) >= 11 is 0. The summed E-state index contributed by atoms with van der Waals surface area (Å²) in [5.74, 6) is -0.432. The SMILES string of the molecule is Cc1nc(=O)n(CCC2CCOC2)c(C)c1CC(=O)O. The standard InChI is InChI=1S/C14H20N2O4/c1-9-12(7-13(17)18)10(2)16(14(19)15-9)5-3-11-4-6-20-8-11/h11H,3-8H2,1-2H3,(H,17,18). The van der Waals surface area contributed by atoms with Gasteiger partial charge in [0.1, 0.15) is 0 Å². The molecule has 1 saturated heterocycles. The van der Waals surface area contributed by atoms with Crippen molar-refractivity contribution in [2.75, 3.05) is 13.2 Å². The van der Waals surface area contributed by atoms with Crippen LogP contribution in [0.15, 0.2) is 4.79 Å². The maximum atomic E-state index is 12.0. The third kappa shape index (κ3) is 3.25. The fourth-order valence-corrected chi connectivity index (χ4v) is 2.63. The zero-order valence-corrected chi connectivity index (χ0v) is 11.9. The molecule has 1 atom stereocenters. The van der Waals surface area contributed by atoms with Crippen LogP contribution in [0.25, 0.3) is 0 Å². The number of aromatic nitrogens is 2. The molecule has 1 unspecified atom stereocenters. The molecular weight excluding hydrogens is 260 g/mol. The number of hydrogen-bond acceptors (Lipinski definition) is 4. The summed E-state index contributed by atoms with van der Waals surface area (Å²) < 4.78 is 6.91. The topological polar surface area (TPSA) is 81.4 Å². The molecule has 1 aromatic rings. The van der Waals surface area contributed by atoms with Crippen molar-refractivity contribution in [3.63, 3.8) is 0 Å². The van der Waals surface area contributed by atoms with E-state index >= 15 is 0 Å². The van der Waals surface area contributed by atoms with Crippen molar-refractivity contribution in [2.24, 2.45) is 5.92 Å². The Kier molecular flexibility index (Phi) is 4.54. The van der Waals surface area contributed by atoms with Crippen LogP contribution in [0, 0.1) is 19.8 Å². The van der Waals surface area contributed by atoms with Gasteiger partial charge >= 0.3 is 11.7 Å². The van der Waals surface area contributed by atoms with Crippen LogP contribution in [-0.2, 0) is 22.5 Å².